The smallest absolute Gasteiger partial charge is 0.131 e. The van der Waals surface area contributed by atoms with Crippen molar-refractivity contribution in [2.24, 2.45) is 5.73 Å². The summed E-state index contributed by atoms with van der Waals surface area (Å²) >= 11 is 0. The van der Waals surface area contributed by atoms with Crippen molar-refractivity contribution in [1.82, 2.24) is 4.90 Å². The molecule has 1 saturated heterocycles. The number of nitrogens with two attached hydrogens (primary N) is 1. The van der Waals surface area contributed by atoms with Crippen molar-refractivity contribution in [3.05, 3.63) is 59.7 Å². The van der Waals surface area contributed by atoms with Crippen LogP contribution in [0.2, 0.25) is 0 Å². The number of hydrogen-bond donors (Lipinski definition) is 1. The van der Waals surface area contributed by atoms with Gasteiger partial charge in [0.05, 0.1) is 0 Å². The lowest BCUT2D eigenvalue weighted by molar-refractivity contribution is 0.171. The van der Waals surface area contributed by atoms with Gasteiger partial charge in [0, 0.05) is 16.5 Å². The Bertz CT molecular complexity index is 642. The molecule has 1 spiro atoms. The monoisotopic (exact) mass is 308 g/mol. The fourth-order valence-corrected chi connectivity index (χ4v) is 4.18. The van der Waals surface area contributed by atoms with E-state index in [9.17, 15) is 0 Å². The van der Waals surface area contributed by atoms with Crippen molar-refractivity contribution < 1.29 is 4.74 Å². The Hall–Kier alpha value is -1.84. The molecule has 0 saturated carbocycles. The molecule has 0 unspecified atom stereocenters. The number of para-hydroxylation sites is 2. The number of likely N-dealkylation sites (tertiary alicyclic amines) is 1. The van der Waals surface area contributed by atoms with E-state index in [1.54, 1.807) is 0 Å². The SMILES string of the molecule is NCCCN1CCC2(CC1)c1ccccc1Oc1ccccc12. The van der Waals surface area contributed by atoms with Crippen LogP contribution in [-0.2, 0) is 5.41 Å². The first-order chi connectivity index (χ1) is 11.3. The molecule has 2 aromatic rings. The second-order valence-corrected chi connectivity index (χ2v) is 6.66. The molecule has 0 atom stereocenters. The highest BCUT2D eigenvalue weighted by molar-refractivity contribution is 5.57. The molecule has 2 aliphatic rings. The van der Waals surface area contributed by atoms with Gasteiger partial charge < -0.3 is 15.4 Å². The van der Waals surface area contributed by atoms with E-state index in [0.717, 1.165) is 56.9 Å². The molecule has 2 heterocycles. The van der Waals surface area contributed by atoms with Gasteiger partial charge in [-0.25, -0.2) is 0 Å². The van der Waals surface area contributed by atoms with E-state index in [0.29, 0.717) is 0 Å². The standard InChI is InChI=1S/C20H24N2O/c21-12-5-13-22-14-10-20(11-15-22)16-6-1-3-8-18(16)23-19-9-4-2-7-17(19)20/h1-4,6-9H,5,10-15,21H2. The van der Waals surface area contributed by atoms with Crippen LogP contribution in [0, 0.1) is 0 Å². The van der Waals surface area contributed by atoms with E-state index < -0.39 is 0 Å². The molecule has 3 nitrogen and oxygen atoms in total. The van der Waals surface area contributed by atoms with Gasteiger partial charge in [-0.15, -0.1) is 0 Å². The van der Waals surface area contributed by atoms with Crippen LogP contribution in [0.25, 0.3) is 0 Å². The molecular weight excluding hydrogens is 284 g/mol. The maximum absolute atomic E-state index is 6.17. The van der Waals surface area contributed by atoms with Gasteiger partial charge in [-0.05, 0) is 57.6 Å². The minimum Gasteiger partial charge on any atom is -0.457 e. The first-order valence-electron chi connectivity index (χ1n) is 8.63. The molecule has 1 fully saturated rings. The maximum Gasteiger partial charge on any atom is 0.131 e. The van der Waals surface area contributed by atoms with Crippen molar-refractivity contribution in [1.29, 1.82) is 0 Å². The van der Waals surface area contributed by atoms with E-state index in [2.05, 4.69) is 53.4 Å². The molecule has 120 valence electrons. The summed E-state index contributed by atoms with van der Waals surface area (Å²) in [4.78, 5) is 2.55. The Morgan fingerprint density at radius 2 is 1.48 bits per heavy atom. The summed E-state index contributed by atoms with van der Waals surface area (Å²) in [6.45, 7) is 4.15. The fraction of sp³-hybridized carbons (Fsp3) is 0.400. The van der Waals surface area contributed by atoms with Crippen molar-refractivity contribution in [3.63, 3.8) is 0 Å². The van der Waals surface area contributed by atoms with Gasteiger partial charge in [0.25, 0.3) is 0 Å². The number of fused-ring (bicyclic) bond motifs is 4. The van der Waals surface area contributed by atoms with Crippen LogP contribution in [0.5, 0.6) is 11.5 Å². The lowest BCUT2D eigenvalue weighted by Gasteiger charge is -2.46. The van der Waals surface area contributed by atoms with Crippen molar-refractivity contribution in [2.45, 2.75) is 24.7 Å². The minimum atomic E-state index is 0.102. The van der Waals surface area contributed by atoms with Crippen LogP contribution < -0.4 is 10.5 Å². The van der Waals surface area contributed by atoms with E-state index in [1.165, 1.54) is 11.1 Å². The summed E-state index contributed by atoms with van der Waals surface area (Å²) < 4.78 is 6.17. The Labute approximate surface area is 138 Å². The zero-order valence-corrected chi connectivity index (χ0v) is 13.5. The van der Waals surface area contributed by atoms with Gasteiger partial charge >= 0.3 is 0 Å². The van der Waals surface area contributed by atoms with E-state index in [4.69, 9.17) is 10.5 Å². The van der Waals surface area contributed by atoms with Crippen molar-refractivity contribution >= 4 is 0 Å². The number of piperidine rings is 1. The Balaban J connectivity index is 1.71. The number of hydrogen-bond acceptors (Lipinski definition) is 3. The maximum atomic E-state index is 6.17. The number of nitrogens with zero attached hydrogens (tertiary/aromatic N) is 1. The van der Waals surface area contributed by atoms with E-state index >= 15 is 0 Å². The molecule has 2 N–H and O–H groups in total. The molecule has 0 amide bonds. The summed E-state index contributed by atoms with van der Waals surface area (Å²) in [6, 6.07) is 17.1. The molecular formula is C20H24N2O. The summed E-state index contributed by atoms with van der Waals surface area (Å²) in [7, 11) is 0. The molecule has 0 radical (unpaired) electrons. The highest BCUT2D eigenvalue weighted by Gasteiger charge is 2.43. The third-order valence-electron chi connectivity index (χ3n) is 5.41. The highest BCUT2D eigenvalue weighted by atomic mass is 16.5. The average Bonchev–Trinajstić information content (AvgIpc) is 2.61. The topological polar surface area (TPSA) is 38.5 Å². The van der Waals surface area contributed by atoms with Crippen LogP contribution >= 0.6 is 0 Å². The lowest BCUT2D eigenvalue weighted by Crippen LogP contribution is -2.45. The summed E-state index contributed by atoms with van der Waals surface area (Å²) in [5.41, 5.74) is 8.48. The Morgan fingerprint density at radius 3 is 2.04 bits per heavy atom. The summed E-state index contributed by atoms with van der Waals surface area (Å²) in [5, 5.41) is 0. The van der Waals surface area contributed by atoms with Gasteiger partial charge in [-0.1, -0.05) is 36.4 Å². The summed E-state index contributed by atoms with van der Waals surface area (Å²) in [5.74, 6) is 2.06. The van der Waals surface area contributed by atoms with Crippen LogP contribution in [0.3, 0.4) is 0 Å². The molecule has 0 aromatic heterocycles. The van der Waals surface area contributed by atoms with Crippen molar-refractivity contribution in [3.8, 4) is 11.5 Å². The normalized spacial score (nSPS) is 19.0. The van der Waals surface area contributed by atoms with Gasteiger partial charge in [0.2, 0.25) is 0 Å². The quantitative estimate of drug-likeness (QED) is 0.943. The number of ether oxygens (including phenoxy) is 1. The average molecular weight is 308 g/mol. The second kappa shape index (κ2) is 5.99. The molecule has 2 aliphatic heterocycles. The van der Waals surface area contributed by atoms with Crippen LogP contribution in [0.4, 0.5) is 0 Å². The van der Waals surface area contributed by atoms with Crippen LogP contribution in [0.1, 0.15) is 30.4 Å². The lowest BCUT2D eigenvalue weighted by atomic mass is 9.66. The third kappa shape index (κ3) is 2.44. The first kappa shape index (κ1) is 14.7. The highest BCUT2D eigenvalue weighted by Crippen LogP contribution is 2.52. The van der Waals surface area contributed by atoms with Crippen LogP contribution in [0.15, 0.2) is 48.5 Å². The molecule has 2 aromatic carbocycles. The number of rotatable bonds is 3. The van der Waals surface area contributed by atoms with E-state index in [1.807, 2.05) is 0 Å². The van der Waals surface area contributed by atoms with Gasteiger partial charge in [0.15, 0.2) is 0 Å². The molecule has 4 rings (SSSR count). The number of benzene rings is 2. The van der Waals surface area contributed by atoms with Gasteiger partial charge in [0.1, 0.15) is 11.5 Å². The van der Waals surface area contributed by atoms with Crippen molar-refractivity contribution in [2.75, 3.05) is 26.2 Å². The molecule has 23 heavy (non-hydrogen) atoms. The zero-order chi connectivity index (χ0) is 15.7. The predicted molar refractivity (Wildman–Crippen MR) is 93.1 cm³/mol. The fourth-order valence-electron chi connectivity index (χ4n) is 4.18. The summed E-state index contributed by atoms with van der Waals surface area (Å²) in [6.07, 6.45) is 3.38. The first-order valence-corrected chi connectivity index (χ1v) is 8.63. The predicted octanol–water partition coefficient (Wildman–Crippen LogP) is 3.52. The zero-order valence-electron chi connectivity index (χ0n) is 13.5. The molecule has 0 aliphatic carbocycles. The van der Waals surface area contributed by atoms with E-state index in [-0.39, 0.29) is 5.41 Å². The van der Waals surface area contributed by atoms with Gasteiger partial charge in [-0.2, -0.15) is 0 Å². The largest absolute Gasteiger partial charge is 0.457 e. The third-order valence-corrected chi connectivity index (χ3v) is 5.41. The molecule has 3 heteroatoms. The Morgan fingerprint density at radius 1 is 0.913 bits per heavy atom. The van der Waals surface area contributed by atoms with Gasteiger partial charge in [-0.3, -0.25) is 0 Å². The second-order valence-electron chi connectivity index (χ2n) is 6.66. The molecule has 0 bridgehead atoms. The Kier molecular flexibility index (Phi) is 3.83. The van der Waals surface area contributed by atoms with Crippen LogP contribution in [-0.4, -0.2) is 31.1 Å². The minimum absolute atomic E-state index is 0.102.